The van der Waals surface area contributed by atoms with Crippen molar-refractivity contribution < 1.29 is 9.53 Å². The van der Waals surface area contributed by atoms with Crippen LogP contribution in [0.25, 0.3) is 0 Å². The van der Waals surface area contributed by atoms with E-state index in [0.717, 1.165) is 34.7 Å². The number of carbonyl (C=O) groups is 1. The molecule has 3 N–H and O–H groups in total. The fourth-order valence-corrected chi connectivity index (χ4v) is 3.54. The lowest BCUT2D eigenvalue weighted by Crippen LogP contribution is -2.43. The number of aryl methyl sites for hydroxylation is 3. The lowest BCUT2D eigenvalue weighted by atomic mass is 10.1. The molecule has 0 saturated carbocycles. The second kappa shape index (κ2) is 7.28. The maximum absolute atomic E-state index is 12.7. The molecule has 0 aromatic heterocycles. The van der Waals surface area contributed by atoms with E-state index in [0.29, 0.717) is 12.2 Å². The standard InChI is InChI=1S/C21H27N3O2/c1-5-17-11-24(18-7-6-16(22)10-19(18)26-17)12-20(25)23-21-14(3)8-13(2)9-15(21)4/h6-10,17H,5,11-12,22H2,1-4H3,(H,23,25). The number of hydrogen-bond donors (Lipinski definition) is 2. The van der Waals surface area contributed by atoms with Crippen molar-refractivity contribution >= 4 is 23.0 Å². The molecule has 138 valence electrons. The number of nitrogens with zero attached hydrogens (tertiary/aromatic N) is 1. The predicted octanol–water partition coefficient (Wildman–Crippen LogP) is 3.81. The van der Waals surface area contributed by atoms with Gasteiger partial charge in [0.15, 0.2) is 0 Å². The van der Waals surface area contributed by atoms with Gasteiger partial charge in [0, 0.05) is 17.4 Å². The van der Waals surface area contributed by atoms with Crippen LogP contribution in [0, 0.1) is 20.8 Å². The van der Waals surface area contributed by atoms with Crippen LogP contribution >= 0.6 is 0 Å². The number of rotatable bonds is 4. The molecular formula is C21H27N3O2. The first-order valence-corrected chi connectivity index (χ1v) is 9.06. The van der Waals surface area contributed by atoms with Gasteiger partial charge in [0.1, 0.15) is 11.9 Å². The first-order chi connectivity index (χ1) is 12.4. The van der Waals surface area contributed by atoms with Gasteiger partial charge in [0.05, 0.1) is 18.8 Å². The van der Waals surface area contributed by atoms with Gasteiger partial charge >= 0.3 is 0 Å². The summed E-state index contributed by atoms with van der Waals surface area (Å²) in [7, 11) is 0. The van der Waals surface area contributed by atoms with E-state index in [-0.39, 0.29) is 18.6 Å². The zero-order valence-corrected chi connectivity index (χ0v) is 15.9. The van der Waals surface area contributed by atoms with Crippen LogP contribution in [0.15, 0.2) is 30.3 Å². The maximum Gasteiger partial charge on any atom is 0.243 e. The van der Waals surface area contributed by atoms with Gasteiger partial charge in [0.2, 0.25) is 5.91 Å². The molecular weight excluding hydrogens is 326 g/mol. The third kappa shape index (κ3) is 3.77. The van der Waals surface area contributed by atoms with Crippen LogP contribution in [0.4, 0.5) is 17.1 Å². The van der Waals surface area contributed by atoms with Crippen molar-refractivity contribution in [1.82, 2.24) is 0 Å². The number of carbonyl (C=O) groups excluding carboxylic acids is 1. The van der Waals surface area contributed by atoms with Crippen molar-refractivity contribution in [3.63, 3.8) is 0 Å². The average Bonchev–Trinajstić information content (AvgIpc) is 2.57. The summed E-state index contributed by atoms with van der Waals surface area (Å²) in [6, 6.07) is 9.77. The summed E-state index contributed by atoms with van der Waals surface area (Å²) in [4.78, 5) is 14.8. The quantitative estimate of drug-likeness (QED) is 0.820. The first kappa shape index (κ1) is 18.1. The second-order valence-corrected chi connectivity index (χ2v) is 7.08. The second-order valence-electron chi connectivity index (χ2n) is 7.08. The van der Waals surface area contributed by atoms with Gasteiger partial charge in [0.25, 0.3) is 0 Å². The molecule has 1 unspecified atom stereocenters. The lowest BCUT2D eigenvalue weighted by molar-refractivity contribution is -0.115. The van der Waals surface area contributed by atoms with Gasteiger partial charge in [-0.15, -0.1) is 0 Å². The molecule has 0 aliphatic carbocycles. The molecule has 3 rings (SSSR count). The van der Waals surface area contributed by atoms with Crippen molar-refractivity contribution in [3.8, 4) is 5.75 Å². The molecule has 5 heteroatoms. The number of ether oxygens (including phenoxy) is 1. The number of nitrogen functional groups attached to an aromatic ring is 1. The fourth-order valence-electron chi connectivity index (χ4n) is 3.54. The Morgan fingerprint density at radius 3 is 2.58 bits per heavy atom. The highest BCUT2D eigenvalue weighted by Gasteiger charge is 2.26. The number of hydrogen-bond acceptors (Lipinski definition) is 4. The van der Waals surface area contributed by atoms with Crippen LogP contribution in [0.3, 0.4) is 0 Å². The predicted molar refractivity (Wildman–Crippen MR) is 107 cm³/mol. The number of fused-ring (bicyclic) bond motifs is 1. The zero-order valence-electron chi connectivity index (χ0n) is 15.9. The van der Waals surface area contributed by atoms with E-state index in [9.17, 15) is 4.79 Å². The Kier molecular flexibility index (Phi) is 5.07. The molecule has 26 heavy (non-hydrogen) atoms. The molecule has 0 saturated heterocycles. The van der Waals surface area contributed by atoms with E-state index in [1.165, 1.54) is 5.56 Å². The zero-order chi connectivity index (χ0) is 18.8. The number of nitrogens with two attached hydrogens (primary N) is 1. The molecule has 0 bridgehead atoms. The Balaban J connectivity index is 1.79. The Morgan fingerprint density at radius 2 is 1.92 bits per heavy atom. The van der Waals surface area contributed by atoms with Crippen molar-refractivity contribution in [2.75, 3.05) is 29.0 Å². The summed E-state index contributed by atoms with van der Waals surface area (Å²) in [5.41, 5.74) is 11.7. The van der Waals surface area contributed by atoms with Crippen molar-refractivity contribution in [1.29, 1.82) is 0 Å². The minimum absolute atomic E-state index is 0.0282. The van der Waals surface area contributed by atoms with Gasteiger partial charge in [-0.3, -0.25) is 4.79 Å². The lowest BCUT2D eigenvalue weighted by Gasteiger charge is -2.35. The van der Waals surface area contributed by atoms with Crippen molar-refractivity contribution in [2.24, 2.45) is 0 Å². The Labute approximate surface area is 155 Å². The molecule has 5 nitrogen and oxygen atoms in total. The smallest absolute Gasteiger partial charge is 0.243 e. The van der Waals surface area contributed by atoms with Gasteiger partial charge < -0.3 is 20.7 Å². The van der Waals surface area contributed by atoms with E-state index >= 15 is 0 Å². The normalized spacial score (nSPS) is 16.0. The third-order valence-electron chi connectivity index (χ3n) is 4.77. The summed E-state index contributed by atoms with van der Waals surface area (Å²) in [5.74, 6) is 0.721. The van der Waals surface area contributed by atoms with Gasteiger partial charge in [-0.2, -0.15) is 0 Å². The van der Waals surface area contributed by atoms with Crippen LogP contribution in [0.2, 0.25) is 0 Å². The fraction of sp³-hybridized carbons (Fsp3) is 0.381. The molecule has 0 spiro atoms. The van der Waals surface area contributed by atoms with E-state index in [4.69, 9.17) is 10.5 Å². The number of nitrogens with one attached hydrogen (secondary N) is 1. The Bertz CT molecular complexity index is 809. The summed E-state index contributed by atoms with van der Waals surface area (Å²) in [6.45, 7) is 9.16. The topological polar surface area (TPSA) is 67.6 Å². The van der Waals surface area contributed by atoms with Crippen LogP contribution in [0.5, 0.6) is 5.75 Å². The minimum atomic E-state index is -0.0282. The van der Waals surface area contributed by atoms with Crippen LogP contribution < -0.4 is 20.7 Å². The minimum Gasteiger partial charge on any atom is -0.486 e. The van der Waals surface area contributed by atoms with Gasteiger partial charge in [-0.05, 0) is 50.5 Å². The molecule has 0 fully saturated rings. The van der Waals surface area contributed by atoms with Crippen LogP contribution in [0.1, 0.15) is 30.0 Å². The average molecular weight is 353 g/mol. The molecule has 1 atom stereocenters. The molecule has 2 aromatic carbocycles. The van der Waals surface area contributed by atoms with Gasteiger partial charge in [-0.25, -0.2) is 0 Å². The first-order valence-electron chi connectivity index (χ1n) is 9.06. The highest BCUT2D eigenvalue weighted by molar-refractivity contribution is 5.95. The largest absolute Gasteiger partial charge is 0.486 e. The third-order valence-corrected chi connectivity index (χ3v) is 4.77. The van der Waals surface area contributed by atoms with Crippen molar-refractivity contribution in [3.05, 3.63) is 47.0 Å². The summed E-state index contributed by atoms with van der Waals surface area (Å²) in [5, 5.41) is 3.08. The number of anilines is 3. The molecule has 1 aliphatic rings. The molecule has 1 aliphatic heterocycles. The number of amides is 1. The van der Waals surface area contributed by atoms with Crippen LogP contribution in [-0.2, 0) is 4.79 Å². The summed E-state index contributed by atoms with van der Waals surface area (Å²) in [6.07, 6.45) is 0.933. The van der Waals surface area contributed by atoms with E-state index in [1.54, 1.807) is 0 Å². The highest BCUT2D eigenvalue weighted by atomic mass is 16.5. The number of benzene rings is 2. The van der Waals surface area contributed by atoms with Crippen molar-refractivity contribution in [2.45, 2.75) is 40.2 Å². The van der Waals surface area contributed by atoms with E-state index in [1.807, 2.05) is 32.0 Å². The Morgan fingerprint density at radius 1 is 1.23 bits per heavy atom. The highest BCUT2D eigenvalue weighted by Crippen LogP contribution is 2.35. The van der Waals surface area contributed by atoms with Crippen LogP contribution in [-0.4, -0.2) is 25.1 Å². The molecule has 1 amide bonds. The molecule has 0 radical (unpaired) electrons. The maximum atomic E-state index is 12.7. The summed E-state index contributed by atoms with van der Waals surface area (Å²) < 4.78 is 5.99. The van der Waals surface area contributed by atoms with Gasteiger partial charge in [-0.1, -0.05) is 24.6 Å². The monoisotopic (exact) mass is 353 g/mol. The SMILES string of the molecule is CCC1CN(CC(=O)Nc2c(C)cc(C)cc2C)c2ccc(N)cc2O1. The molecule has 1 heterocycles. The summed E-state index contributed by atoms with van der Waals surface area (Å²) >= 11 is 0. The molecule has 2 aromatic rings. The van der Waals surface area contributed by atoms with E-state index < -0.39 is 0 Å². The van der Waals surface area contributed by atoms with E-state index in [2.05, 4.69) is 36.2 Å². The Hall–Kier alpha value is -2.69.